The molecule has 1 heterocycles. The first-order chi connectivity index (χ1) is 11.3. The molecule has 0 saturated carbocycles. The molecule has 1 N–H and O–H groups in total. The number of hydrogen-bond acceptors (Lipinski definition) is 2. The topological polar surface area (TPSA) is 24.9 Å². The molecule has 0 amide bonds. The number of anilines is 2. The molecule has 0 unspecified atom stereocenters. The summed E-state index contributed by atoms with van der Waals surface area (Å²) in [6.45, 7) is 2.75. The van der Waals surface area contributed by atoms with Gasteiger partial charge in [-0.1, -0.05) is 23.2 Å². The Kier molecular flexibility index (Phi) is 5.16. The largest absolute Gasteiger partial charge is 0.417 e. The number of hydrogen-bond donors (Lipinski definition) is 1. The summed E-state index contributed by atoms with van der Waals surface area (Å²) in [6.07, 6.45) is -8.67. The second-order valence-electron chi connectivity index (χ2n) is 5.23. The van der Waals surface area contributed by atoms with Crippen molar-refractivity contribution >= 4 is 34.7 Å². The monoisotopic (exact) mass is 402 g/mol. The summed E-state index contributed by atoms with van der Waals surface area (Å²) < 4.78 is 76.7. The van der Waals surface area contributed by atoms with Crippen LogP contribution < -0.4 is 5.32 Å². The van der Waals surface area contributed by atoms with Crippen LogP contribution in [0.25, 0.3) is 0 Å². The van der Waals surface area contributed by atoms with Crippen molar-refractivity contribution < 1.29 is 26.3 Å². The molecule has 2 rings (SSSR count). The summed E-state index contributed by atoms with van der Waals surface area (Å²) >= 11 is 11.6. The van der Waals surface area contributed by atoms with Crippen molar-refractivity contribution in [1.29, 1.82) is 0 Å². The van der Waals surface area contributed by atoms with Gasteiger partial charge in [0, 0.05) is 11.9 Å². The fraction of sp³-hybridized carbons (Fsp3) is 0.267. The molecule has 0 bridgehead atoms. The highest BCUT2D eigenvalue weighted by atomic mass is 35.5. The zero-order valence-corrected chi connectivity index (χ0v) is 14.2. The van der Waals surface area contributed by atoms with Crippen molar-refractivity contribution in [3.8, 4) is 0 Å². The summed E-state index contributed by atoms with van der Waals surface area (Å²) in [5, 5.41) is 1.81. The van der Waals surface area contributed by atoms with Gasteiger partial charge in [-0.15, -0.1) is 0 Å². The Morgan fingerprint density at radius 2 is 1.56 bits per heavy atom. The van der Waals surface area contributed by atoms with E-state index in [1.54, 1.807) is 0 Å². The highest BCUT2D eigenvalue weighted by molar-refractivity contribution is 6.33. The lowest BCUT2D eigenvalue weighted by molar-refractivity contribution is -0.138. The van der Waals surface area contributed by atoms with E-state index in [0.717, 1.165) is 6.07 Å². The van der Waals surface area contributed by atoms with E-state index in [1.165, 1.54) is 13.8 Å². The molecule has 2 aromatic rings. The van der Waals surface area contributed by atoms with Gasteiger partial charge in [-0.3, -0.25) is 0 Å². The average Bonchev–Trinajstić information content (AvgIpc) is 2.46. The predicted molar refractivity (Wildman–Crippen MR) is 83.5 cm³/mol. The van der Waals surface area contributed by atoms with Crippen LogP contribution >= 0.6 is 23.2 Å². The molecular formula is C15H10Cl2F6N2. The van der Waals surface area contributed by atoms with Crippen molar-refractivity contribution in [3.63, 3.8) is 0 Å². The van der Waals surface area contributed by atoms with E-state index in [-0.39, 0.29) is 27.7 Å². The first-order valence-electron chi connectivity index (χ1n) is 6.69. The Bertz CT molecular complexity index is 815. The minimum atomic E-state index is -4.63. The van der Waals surface area contributed by atoms with Gasteiger partial charge < -0.3 is 5.32 Å². The molecule has 0 aliphatic rings. The molecule has 0 aliphatic carbocycles. The molecule has 0 radical (unpaired) electrons. The highest BCUT2D eigenvalue weighted by Gasteiger charge is 2.35. The van der Waals surface area contributed by atoms with Gasteiger partial charge in [0.1, 0.15) is 5.82 Å². The van der Waals surface area contributed by atoms with Gasteiger partial charge in [0.2, 0.25) is 0 Å². The van der Waals surface area contributed by atoms with E-state index in [2.05, 4.69) is 10.3 Å². The molecule has 136 valence electrons. The summed E-state index contributed by atoms with van der Waals surface area (Å²) in [4.78, 5) is 3.59. The lowest BCUT2D eigenvalue weighted by Gasteiger charge is -2.19. The molecule has 2 nitrogen and oxygen atoms in total. The number of aryl methyl sites for hydroxylation is 1. The first-order valence-corrected chi connectivity index (χ1v) is 7.44. The molecule has 0 saturated heterocycles. The van der Waals surface area contributed by atoms with Gasteiger partial charge >= 0.3 is 12.4 Å². The SMILES string of the molecule is Cc1cc(C(F)(F)F)c(Cl)c(C)c1Nc1ncc(C(F)(F)F)cc1Cl. The average molecular weight is 403 g/mol. The molecule has 0 spiro atoms. The van der Waals surface area contributed by atoms with E-state index in [4.69, 9.17) is 23.2 Å². The van der Waals surface area contributed by atoms with Crippen molar-refractivity contribution in [3.05, 3.63) is 50.6 Å². The quantitative estimate of drug-likeness (QED) is 0.559. The summed E-state index contributed by atoms with van der Waals surface area (Å²) in [6, 6.07) is 1.52. The van der Waals surface area contributed by atoms with Crippen LogP contribution in [0.2, 0.25) is 10.0 Å². The van der Waals surface area contributed by atoms with Crippen LogP contribution in [-0.4, -0.2) is 4.98 Å². The van der Waals surface area contributed by atoms with Gasteiger partial charge in [-0.05, 0) is 37.1 Å². The van der Waals surface area contributed by atoms with Crippen molar-refractivity contribution in [1.82, 2.24) is 4.98 Å². The zero-order valence-electron chi connectivity index (χ0n) is 12.7. The molecule has 0 fully saturated rings. The van der Waals surface area contributed by atoms with Crippen LogP contribution in [0.5, 0.6) is 0 Å². The van der Waals surface area contributed by atoms with Crippen LogP contribution in [0, 0.1) is 13.8 Å². The van der Waals surface area contributed by atoms with Crippen molar-refractivity contribution in [2.45, 2.75) is 26.2 Å². The Morgan fingerprint density at radius 3 is 2.04 bits per heavy atom. The molecule has 0 atom stereocenters. The maximum atomic E-state index is 12.9. The lowest BCUT2D eigenvalue weighted by Crippen LogP contribution is -2.10. The third-order valence-corrected chi connectivity index (χ3v) is 4.19. The fourth-order valence-corrected chi connectivity index (χ4v) is 2.63. The number of alkyl halides is 6. The Hall–Kier alpha value is -1.67. The Morgan fingerprint density at radius 1 is 0.960 bits per heavy atom. The minimum absolute atomic E-state index is 0.0757. The molecule has 1 aromatic heterocycles. The van der Waals surface area contributed by atoms with Crippen LogP contribution in [0.1, 0.15) is 22.3 Å². The normalized spacial score (nSPS) is 12.4. The summed E-state index contributed by atoms with van der Waals surface area (Å²) in [5.41, 5.74) is -1.59. The molecule has 0 aliphatic heterocycles. The zero-order chi connectivity index (χ0) is 19.2. The van der Waals surface area contributed by atoms with Gasteiger partial charge in [0.25, 0.3) is 0 Å². The second kappa shape index (κ2) is 6.57. The van der Waals surface area contributed by atoms with E-state index in [0.29, 0.717) is 12.3 Å². The molecule has 25 heavy (non-hydrogen) atoms. The third kappa shape index (κ3) is 4.12. The minimum Gasteiger partial charge on any atom is -0.339 e. The standard InChI is InChI=1S/C15H10Cl2F6N2/c1-6-3-9(15(21,22)23)11(17)7(2)12(6)25-13-10(16)4-8(5-24-13)14(18,19)20/h3-5H,1-2H3,(H,24,25). The lowest BCUT2D eigenvalue weighted by atomic mass is 10.0. The maximum Gasteiger partial charge on any atom is 0.417 e. The summed E-state index contributed by atoms with van der Waals surface area (Å²) in [5.74, 6) is -0.128. The van der Waals surface area contributed by atoms with Gasteiger partial charge in [0.05, 0.1) is 21.2 Å². The number of aromatic nitrogens is 1. The number of halogens is 8. The number of pyridine rings is 1. The Labute approximate surface area is 148 Å². The van der Waals surface area contributed by atoms with E-state index >= 15 is 0 Å². The number of rotatable bonds is 2. The van der Waals surface area contributed by atoms with Crippen LogP contribution in [0.15, 0.2) is 18.3 Å². The van der Waals surface area contributed by atoms with E-state index in [1.807, 2.05) is 0 Å². The molecule has 1 aromatic carbocycles. The van der Waals surface area contributed by atoms with Gasteiger partial charge in [0.15, 0.2) is 0 Å². The van der Waals surface area contributed by atoms with Crippen LogP contribution in [0.4, 0.5) is 37.8 Å². The maximum absolute atomic E-state index is 12.9. The molecular weight excluding hydrogens is 393 g/mol. The highest BCUT2D eigenvalue weighted by Crippen LogP contribution is 2.41. The predicted octanol–water partition coefficient (Wildman–Crippen LogP) is 6.79. The fourth-order valence-electron chi connectivity index (χ4n) is 2.16. The van der Waals surface area contributed by atoms with E-state index in [9.17, 15) is 26.3 Å². The van der Waals surface area contributed by atoms with Crippen molar-refractivity contribution in [2.75, 3.05) is 5.32 Å². The third-order valence-electron chi connectivity index (χ3n) is 3.41. The van der Waals surface area contributed by atoms with Gasteiger partial charge in [-0.25, -0.2) is 4.98 Å². The molecule has 10 heteroatoms. The number of nitrogens with one attached hydrogen (secondary N) is 1. The van der Waals surface area contributed by atoms with Crippen LogP contribution in [0.3, 0.4) is 0 Å². The van der Waals surface area contributed by atoms with Gasteiger partial charge in [-0.2, -0.15) is 26.3 Å². The van der Waals surface area contributed by atoms with E-state index < -0.39 is 28.5 Å². The smallest absolute Gasteiger partial charge is 0.339 e. The first kappa shape index (κ1) is 19.7. The Balaban J connectivity index is 2.47. The number of nitrogens with zero attached hydrogens (tertiary/aromatic N) is 1. The summed E-state index contributed by atoms with van der Waals surface area (Å²) in [7, 11) is 0. The van der Waals surface area contributed by atoms with Crippen molar-refractivity contribution in [2.24, 2.45) is 0 Å². The van der Waals surface area contributed by atoms with Crippen LogP contribution in [-0.2, 0) is 12.4 Å². The number of benzene rings is 1. The second-order valence-corrected chi connectivity index (χ2v) is 6.02.